The summed E-state index contributed by atoms with van der Waals surface area (Å²) in [5, 5.41) is 6.19. The van der Waals surface area contributed by atoms with Gasteiger partial charge in [0.15, 0.2) is 22.1 Å². The van der Waals surface area contributed by atoms with Gasteiger partial charge in [0.25, 0.3) is 5.91 Å². The first-order chi connectivity index (χ1) is 9.11. The second-order valence-corrected chi connectivity index (χ2v) is 4.34. The minimum Gasteiger partial charge on any atom is -0.385 e. The van der Waals surface area contributed by atoms with Crippen LogP contribution in [0.4, 0.5) is 11.6 Å². The monoisotopic (exact) mass is 274 g/mol. The van der Waals surface area contributed by atoms with Gasteiger partial charge in [0.1, 0.15) is 23.8 Å². The Balaban J connectivity index is 2.16. The minimum atomic E-state index is -0.378. The zero-order chi connectivity index (χ0) is 13.8. The third-order valence-corrected chi connectivity index (χ3v) is 2.85. The molecule has 2 rings (SSSR count). The highest BCUT2D eigenvalue weighted by Crippen LogP contribution is 2.12. The van der Waals surface area contributed by atoms with Crippen LogP contribution in [0.15, 0.2) is 22.9 Å². The zero-order valence-electron chi connectivity index (χ0n) is 10.2. The van der Waals surface area contributed by atoms with Crippen molar-refractivity contribution in [3.63, 3.8) is 0 Å². The van der Waals surface area contributed by atoms with Crippen LogP contribution >= 0.6 is 0 Å². The summed E-state index contributed by atoms with van der Waals surface area (Å²) in [6.45, 7) is 0.170. The van der Waals surface area contributed by atoms with E-state index in [1.54, 1.807) is 12.1 Å². The Morgan fingerprint density at radius 1 is 1.58 bits per heavy atom. The molecule has 0 bridgehead atoms. The smallest absolute Gasteiger partial charge is 0.262 e. The van der Waals surface area contributed by atoms with Crippen molar-refractivity contribution in [1.29, 1.82) is 0 Å². The molecule has 1 amide bonds. The molecule has 96 valence electrons. The van der Waals surface area contributed by atoms with Crippen molar-refractivity contribution in [1.82, 2.24) is 10.1 Å². The summed E-state index contributed by atoms with van der Waals surface area (Å²) < 4.78 is 10.6. The molecule has 0 unspecified atom stereocenters. The summed E-state index contributed by atoms with van der Waals surface area (Å²) in [6.07, 6.45) is 1.33. The van der Waals surface area contributed by atoms with Gasteiger partial charge >= 0.3 is 0 Å². The van der Waals surface area contributed by atoms with Crippen LogP contribution in [0.5, 0.6) is 0 Å². The number of carbonyl (C=O) groups is 1. The Morgan fingerprint density at radius 3 is 3.05 bits per heavy atom. The van der Waals surface area contributed by atoms with Gasteiger partial charge in [-0.3, -0.25) is 4.79 Å². The van der Waals surface area contributed by atoms with Gasteiger partial charge < -0.3 is 20.3 Å². The number of nitrogens with one attached hydrogen (secondary N) is 1. The summed E-state index contributed by atoms with van der Waals surface area (Å²) in [7, 11) is 1.50. The molecule has 19 heavy (non-hydrogen) atoms. The molecule has 3 N–H and O–H groups in total. The summed E-state index contributed by atoms with van der Waals surface area (Å²) in [5.41, 5.74) is 5.96. The highest BCUT2D eigenvalue weighted by Gasteiger charge is 2.16. The van der Waals surface area contributed by atoms with Crippen LogP contribution < -0.4 is 15.5 Å². The van der Waals surface area contributed by atoms with Crippen LogP contribution in [0.25, 0.3) is 0 Å². The molecule has 0 saturated heterocycles. The van der Waals surface area contributed by atoms with E-state index < -0.39 is 0 Å². The average molecular weight is 274 g/mol. The number of nitrogen functional groups attached to an aromatic ring is 1. The Bertz CT molecular complexity index is 599. The van der Waals surface area contributed by atoms with Crippen molar-refractivity contribution >= 4 is 38.3 Å². The number of hydrogen-bond donors (Lipinski definition) is 2. The van der Waals surface area contributed by atoms with Gasteiger partial charge in [0, 0.05) is 7.11 Å². The predicted molar refractivity (Wildman–Crippen MR) is 69.2 cm³/mol. The molecule has 2 heterocycles. The second-order valence-electron chi connectivity index (χ2n) is 3.72. The quantitative estimate of drug-likeness (QED) is 0.751. The average Bonchev–Trinajstić information content (AvgIpc) is 2.83. The van der Waals surface area contributed by atoms with E-state index in [-0.39, 0.29) is 12.5 Å². The van der Waals surface area contributed by atoms with Crippen molar-refractivity contribution in [2.75, 3.05) is 18.2 Å². The lowest BCUT2D eigenvalue weighted by Gasteiger charge is -2.06. The van der Waals surface area contributed by atoms with Crippen LogP contribution in [0.3, 0.4) is 0 Å². The molecule has 0 aliphatic carbocycles. The maximum atomic E-state index is 12.0. The molecule has 0 fully saturated rings. The van der Waals surface area contributed by atoms with Crippen LogP contribution in [0.1, 0.15) is 16.1 Å². The highest BCUT2D eigenvalue weighted by atomic mass is 27.0. The lowest BCUT2D eigenvalue weighted by Crippen LogP contribution is -2.17. The van der Waals surface area contributed by atoms with Gasteiger partial charge in [-0.2, -0.15) is 0 Å². The molecule has 8 heteroatoms. The molecular weight excluding hydrogens is 263 g/mol. The molecule has 0 atom stereocenters. The van der Waals surface area contributed by atoms with E-state index in [0.29, 0.717) is 23.0 Å². The number of pyridine rings is 1. The number of anilines is 2. The Hall–Kier alpha value is -1.88. The van der Waals surface area contributed by atoms with E-state index in [1.165, 1.54) is 13.3 Å². The Kier molecular flexibility index (Phi) is 4.17. The zero-order valence-corrected chi connectivity index (χ0v) is 11.4. The first-order valence-corrected chi connectivity index (χ1v) is 5.95. The van der Waals surface area contributed by atoms with Crippen molar-refractivity contribution < 1.29 is 14.1 Å². The van der Waals surface area contributed by atoms with E-state index in [1.807, 2.05) is 0 Å². The van der Waals surface area contributed by atoms with Gasteiger partial charge in [-0.25, -0.2) is 4.98 Å². The third-order valence-electron chi connectivity index (χ3n) is 2.36. The van der Waals surface area contributed by atoms with Crippen LogP contribution in [-0.4, -0.2) is 39.4 Å². The number of amides is 1. The molecule has 0 aliphatic heterocycles. The largest absolute Gasteiger partial charge is 0.385 e. The summed E-state index contributed by atoms with van der Waals surface area (Å²) >= 11 is 2.45. The van der Waals surface area contributed by atoms with Crippen molar-refractivity contribution in [3.8, 4) is 0 Å². The van der Waals surface area contributed by atoms with Gasteiger partial charge in [0.05, 0.1) is 6.20 Å². The van der Waals surface area contributed by atoms with E-state index in [4.69, 9.17) is 15.0 Å². The lowest BCUT2D eigenvalue weighted by atomic mass is 10.2. The van der Waals surface area contributed by atoms with Gasteiger partial charge in [-0.1, -0.05) is 15.6 Å². The maximum absolute atomic E-state index is 12.0. The topological polar surface area (TPSA) is 103 Å². The molecule has 2 aromatic rings. The van der Waals surface area contributed by atoms with E-state index in [0.717, 1.165) is 4.43 Å². The van der Waals surface area contributed by atoms with Crippen molar-refractivity contribution in [2.45, 2.75) is 6.61 Å². The predicted octanol–water partition coefficient (Wildman–Crippen LogP) is -0.156. The maximum Gasteiger partial charge on any atom is 0.262 e. The van der Waals surface area contributed by atoms with Gasteiger partial charge in [-0.15, -0.1) is 0 Å². The summed E-state index contributed by atoms with van der Waals surface area (Å²) in [4.78, 5) is 16.1. The second kappa shape index (κ2) is 5.84. The number of nitrogens with zero attached hydrogens (tertiary/aromatic N) is 2. The molecular formula is C11H11AlN4O3. The molecule has 0 saturated carbocycles. The number of hydrogen-bond acceptors (Lipinski definition) is 6. The minimum absolute atomic E-state index is 0.170. The van der Waals surface area contributed by atoms with E-state index in [9.17, 15) is 4.79 Å². The Morgan fingerprint density at radius 2 is 2.37 bits per heavy atom. The van der Waals surface area contributed by atoms with Crippen LogP contribution in [0.2, 0.25) is 0 Å². The summed E-state index contributed by atoms with van der Waals surface area (Å²) in [5.74, 6) is 0.677. The Labute approximate surface area is 117 Å². The number of ether oxygens (including phenoxy) is 1. The standard InChI is InChI=1S/C11H11N4O3.Al/c1-17-6-8-7(5-13-18-8)11(16)15-10-4-2-3-9(12)14-10;/h2,4-5H,6H2,1H3,(H3,12,14,15,16);. The van der Waals surface area contributed by atoms with Crippen molar-refractivity contribution in [3.05, 3.63) is 29.7 Å². The lowest BCUT2D eigenvalue weighted by molar-refractivity contribution is 0.101. The first-order valence-electron chi connectivity index (χ1n) is 5.37. The fraction of sp³-hybridized carbons (Fsp3) is 0.182. The van der Waals surface area contributed by atoms with Crippen LogP contribution in [-0.2, 0) is 11.3 Å². The molecule has 0 aliphatic rings. The molecule has 0 spiro atoms. The number of aromatic nitrogens is 2. The molecule has 2 radical (unpaired) electrons. The van der Waals surface area contributed by atoms with Crippen LogP contribution in [0, 0.1) is 0 Å². The van der Waals surface area contributed by atoms with Crippen molar-refractivity contribution in [2.24, 2.45) is 0 Å². The fourth-order valence-corrected chi connectivity index (χ4v) is 1.58. The number of carbonyl (C=O) groups excluding carboxylic acids is 1. The SMILES string of the molecule is COCc1oncc1C(=O)Nc1cc[c]([Al])c(N)n1. The fourth-order valence-electron chi connectivity index (χ4n) is 1.42. The number of methoxy groups -OCH3 is 1. The molecule has 2 aromatic heterocycles. The molecule has 0 aromatic carbocycles. The number of nitrogens with two attached hydrogens (primary N) is 1. The molecule has 7 nitrogen and oxygen atoms in total. The first kappa shape index (κ1) is 13.6. The number of rotatable bonds is 4. The van der Waals surface area contributed by atoms with E-state index >= 15 is 0 Å². The summed E-state index contributed by atoms with van der Waals surface area (Å²) in [6, 6.07) is 3.40. The van der Waals surface area contributed by atoms with Gasteiger partial charge in [0.2, 0.25) is 0 Å². The highest BCUT2D eigenvalue weighted by molar-refractivity contribution is 6.35. The van der Waals surface area contributed by atoms with Gasteiger partial charge in [-0.05, 0) is 6.07 Å². The third kappa shape index (κ3) is 3.12. The normalized spacial score (nSPS) is 10.4. The van der Waals surface area contributed by atoms with E-state index in [2.05, 4.69) is 31.7 Å².